The molecule has 0 bridgehead atoms. The molecular formula is C18H26F3N5O2. The van der Waals surface area contributed by atoms with Crippen molar-refractivity contribution in [3.63, 3.8) is 0 Å². The van der Waals surface area contributed by atoms with Gasteiger partial charge >= 0.3 is 12.3 Å². The summed E-state index contributed by atoms with van der Waals surface area (Å²) in [5.74, 6) is -0.534. The van der Waals surface area contributed by atoms with E-state index in [1.54, 1.807) is 31.7 Å². The first kappa shape index (κ1) is 21.8. The number of nitrogens with one attached hydrogen (secondary N) is 1. The molecule has 0 atom stereocenters. The van der Waals surface area contributed by atoms with Crippen molar-refractivity contribution in [2.45, 2.75) is 46.4 Å². The van der Waals surface area contributed by atoms with E-state index in [2.05, 4.69) is 15.0 Å². The Morgan fingerprint density at radius 2 is 1.68 bits per heavy atom. The van der Waals surface area contributed by atoms with Crippen LogP contribution < -0.4 is 4.90 Å². The van der Waals surface area contributed by atoms with Crippen LogP contribution in [-0.2, 0) is 10.9 Å². The van der Waals surface area contributed by atoms with Gasteiger partial charge in [0.15, 0.2) is 5.65 Å². The summed E-state index contributed by atoms with van der Waals surface area (Å²) < 4.78 is 43.6. The van der Waals surface area contributed by atoms with Crippen LogP contribution in [0, 0.1) is 0 Å². The van der Waals surface area contributed by atoms with Gasteiger partial charge in [-0.1, -0.05) is 13.8 Å². The number of hydrogen-bond acceptors (Lipinski definition) is 5. The molecule has 0 aliphatic carbocycles. The Morgan fingerprint density at radius 3 is 2.21 bits per heavy atom. The second-order valence-electron chi connectivity index (χ2n) is 7.08. The monoisotopic (exact) mass is 401 g/mol. The molecule has 1 amide bonds. The number of ether oxygens (including phenoxy) is 1. The maximum atomic E-state index is 12.7. The average Bonchev–Trinajstić information content (AvgIpc) is 3.06. The minimum absolute atomic E-state index is 0.0180. The van der Waals surface area contributed by atoms with Crippen molar-refractivity contribution in [3.05, 3.63) is 18.0 Å². The number of fused-ring (bicyclic) bond motifs is 1. The van der Waals surface area contributed by atoms with Crippen LogP contribution in [0.5, 0.6) is 0 Å². The normalized spacial score (nSPS) is 15.3. The predicted molar refractivity (Wildman–Crippen MR) is 100 cm³/mol. The molecule has 0 radical (unpaired) electrons. The summed E-state index contributed by atoms with van der Waals surface area (Å²) in [6.45, 7) is 11.3. The first-order valence-corrected chi connectivity index (χ1v) is 9.20. The van der Waals surface area contributed by atoms with Gasteiger partial charge in [0.05, 0.1) is 5.52 Å². The number of piperazine rings is 1. The number of pyridine rings is 1. The molecule has 2 aromatic rings. The predicted octanol–water partition coefficient (Wildman–Crippen LogP) is 4.06. The molecule has 0 saturated carbocycles. The van der Waals surface area contributed by atoms with Crippen molar-refractivity contribution in [3.8, 4) is 0 Å². The fourth-order valence-corrected chi connectivity index (χ4v) is 2.64. The summed E-state index contributed by atoms with van der Waals surface area (Å²) in [6, 6.07) is 3.17. The van der Waals surface area contributed by atoms with E-state index >= 15 is 0 Å². The van der Waals surface area contributed by atoms with Crippen molar-refractivity contribution < 1.29 is 22.7 Å². The number of alkyl halides is 3. The zero-order valence-corrected chi connectivity index (χ0v) is 16.7. The Labute approximate surface area is 161 Å². The van der Waals surface area contributed by atoms with Crippen LogP contribution >= 0.6 is 0 Å². The minimum Gasteiger partial charge on any atom is -0.444 e. The van der Waals surface area contributed by atoms with Crippen molar-refractivity contribution in [2.24, 2.45) is 0 Å². The number of carbonyl (C=O) groups excluding carboxylic acids is 1. The Kier molecular flexibility index (Phi) is 6.41. The van der Waals surface area contributed by atoms with Gasteiger partial charge in [-0.25, -0.2) is 14.8 Å². The second kappa shape index (κ2) is 8.24. The Morgan fingerprint density at radius 1 is 1.07 bits per heavy atom. The molecule has 1 N–H and O–H groups in total. The molecule has 7 nitrogen and oxygen atoms in total. The summed E-state index contributed by atoms with van der Waals surface area (Å²) in [5, 5.41) is 0. The highest BCUT2D eigenvalue weighted by atomic mass is 19.4. The fourth-order valence-electron chi connectivity index (χ4n) is 2.64. The molecule has 156 valence electrons. The quantitative estimate of drug-likeness (QED) is 0.780. The number of aromatic amines is 1. The highest BCUT2D eigenvalue weighted by Gasteiger charge is 2.35. The molecule has 3 rings (SSSR count). The van der Waals surface area contributed by atoms with Crippen LogP contribution in [0.3, 0.4) is 0 Å². The third kappa shape index (κ3) is 5.26. The lowest BCUT2D eigenvalue weighted by atomic mass is 10.2. The van der Waals surface area contributed by atoms with E-state index in [9.17, 15) is 18.0 Å². The highest BCUT2D eigenvalue weighted by molar-refractivity contribution is 5.73. The molecule has 1 saturated heterocycles. The standard InChI is InChI=1S/C16H20F3N5O2.C2H6/c1-15(2,3)26-14(25)24-8-6-23(7-9-24)11-5-4-10-12(21-11)22-13(20-10)16(17,18)19;1-2/h4-5H,6-9H2,1-3H3,(H,20,21,22);1-2H3. The summed E-state index contributed by atoms with van der Waals surface area (Å²) in [4.78, 5) is 25.5. The third-order valence-corrected chi connectivity index (χ3v) is 3.86. The zero-order chi connectivity index (χ0) is 21.1. The third-order valence-electron chi connectivity index (χ3n) is 3.86. The van der Waals surface area contributed by atoms with Crippen LogP contribution in [0.15, 0.2) is 12.1 Å². The summed E-state index contributed by atoms with van der Waals surface area (Å²) in [6.07, 6.45) is -4.91. The van der Waals surface area contributed by atoms with Crippen molar-refractivity contribution in [1.29, 1.82) is 0 Å². The van der Waals surface area contributed by atoms with E-state index in [-0.39, 0.29) is 17.3 Å². The van der Waals surface area contributed by atoms with E-state index in [0.717, 1.165) is 0 Å². The maximum absolute atomic E-state index is 12.7. The summed E-state index contributed by atoms with van der Waals surface area (Å²) in [7, 11) is 0. The lowest BCUT2D eigenvalue weighted by molar-refractivity contribution is -0.144. The molecule has 1 aliphatic rings. The van der Waals surface area contributed by atoms with Gasteiger partial charge in [-0.05, 0) is 32.9 Å². The van der Waals surface area contributed by atoms with Crippen LogP contribution in [0.2, 0.25) is 0 Å². The second-order valence-corrected chi connectivity index (χ2v) is 7.08. The van der Waals surface area contributed by atoms with Gasteiger partial charge in [-0.3, -0.25) is 0 Å². The van der Waals surface area contributed by atoms with Gasteiger partial charge in [-0.15, -0.1) is 0 Å². The number of amides is 1. The van der Waals surface area contributed by atoms with E-state index in [1.807, 2.05) is 18.7 Å². The largest absolute Gasteiger partial charge is 0.449 e. The molecular weight excluding hydrogens is 375 g/mol. The van der Waals surface area contributed by atoms with Gasteiger partial charge < -0.3 is 19.5 Å². The lowest BCUT2D eigenvalue weighted by Gasteiger charge is -2.36. The van der Waals surface area contributed by atoms with Crippen LogP contribution in [-0.4, -0.2) is 57.7 Å². The molecule has 0 aromatic carbocycles. The number of aromatic nitrogens is 3. The number of rotatable bonds is 1. The van der Waals surface area contributed by atoms with E-state index in [4.69, 9.17) is 4.74 Å². The molecule has 0 spiro atoms. The number of imidazole rings is 1. The van der Waals surface area contributed by atoms with Gasteiger partial charge in [-0.2, -0.15) is 13.2 Å². The fraction of sp³-hybridized carbons (Fsp3) is 0.611. The van der Waals surface area contributed by atoms with Crippen molar-refractivity contribution in [2.75, 3.05) is 31.1 Å². The highest BCUT2D eigenvalue weighted by Crippen LogP contribution is 2.28. The molecule has 0 unspecified atom stereocenters. The number of anilines is 1. The number of halogens is 3. The molecule has 3 heterocycles. The lowest BCUT2D eigenvalue weighted by Crippen LogP contribution is -2.50. The number of nitrogens with zero attached hydrogens (tertiary/aromatic N) is 4. The van der Waals surface area contributed by atoms with Gasteiger partial charge in [0.1, 0.15) is 11.4 Å². The first-order chi connectivity index (χ1) is 13.0. The summed E-state index contributed by atoms with van der Waals surface area (Å²) in [5.41, 5.74) is -0.311. The number of H-pyrrole nitrogens is 1. The molecule has 2 aromatic heterocycles. The molecule has 28 heavy (non-hydrogen) atoms. The Hall–Kier alpha value is -2.52. The van der Waals surface area contributed by atoms with Crippen LogP contribution in [0.4, 0.5) is 23.8 Å². The molecule has 10 heteroatoms. The first-order valence-electron chi connectivity index (χ1n) is 9.20. The van der Waals surface area contributed by atoms with Gasteiger partial charge in [0, 0.05) is 26.2 Å². The summed E-state index contributed by atoms with van der Waals surface area (Å²) >= 11 is 0. The topological polar surface area (TPSA) is 74.3 Å². The van der Waals surface area contributed by atoms with E-state index in [0.29, 0.717) is 32.0 Å². The van der Waals surface area contributed by atoms with E-state index in [1.165, 1.54) is 6.07 Å². The van der Waals surface area contributed by atoms with Crippen LogP contribution in [0.1, 0.15) is 40.4 Å². The maximum Gasteiger partial charge on any atom is 0.449 e. The van der Waals surface area contributed by atoms with Crippen molar-refractivity contribution in [1.82, 2.24) is 19.9 Å². The minimum atomic E-state index is -4.54. The number of carbonyl (C=O) groups is 1. The molecule has 1 aliphatic heterocycles. The van der Waals surface area contributed by atoms with Gasteiger partial charge in [0.2, 0.25) is 5.82 Å². The van der Waals surface area contributed by atoms with Crippen LogP contribution in [0.25, 0.3) is 11.2 Å². The SMILES string of the molecule is CC.CC(C)(C)OC(=O)N1CCN(c2ccc3[nH]c(C(F)(F)F)nc3n2)CC1. The van der Waals surface area contributed by atoms with Crippen molar-refractivity contribution >= 4 is 23.1 Å². The van der Waals surface area contributed by atoms with Gasteiger partial charge in [0.25, 0.3) is 0 Å². The zero-order valence-electron chi connectivity index (χ0n) is 16.7. The smallest absolute Gasteiger partial charge is 0.444 e. The van der Waals surface area contributed by atoms with E-state index < -0.39 is 17.6 Å². The Bertz CT molecular complexity index is 806. The Balaban J connectivity index is 0.00000136. The number of hydrogen-bond donors (Lipinski definition) is 1. The average molecular weight is 401 g/mol. The molecule has 1 fully saturated rings.